The molecule has 1 aromatic rings. The SMILES string of the molecule is O=C(Nc1ccc(Cl)cn1)[C@@H]1CCCN1. The molecule has 0 spiro atoms. The van der Waals surface area contributed by atoms with Gasteiger partial charge in [0.1, 0.15) is 5.82 Å². The van der Waals surface area contributed by atoms with Crippen LogP contribution in [-0.2, 0) is 4.79 Å². The van der Waals surface area contributed by atoms with Crippen LogP contribution in [0.2, 0.25) is 5.02 Å². The lowest BCUT2D eigenvalue weighted by Gasteiger charge is -2.09. The average Bonchev–Trinajstić information content (AvgIpc) is 2.74. The van der Waals surface area contributed by atoms with Gasteiger partial charge in [-0.05, 0) is 31.5 Å². The van der Waals surface area contributed by atoms with Gasteiger partial charge in [-0.1, -0.05) is 11.6 Å². The summed E-state index contributed by atoms with van der Waals surface area (Å²) >= 11 is 5.69. The van der Waals surface area contributed by atoms with Gasteiger partial charge in [0.15, 0.2) is 0 Å². The van der Waals surface area contributed by atoms with Crippen LogP contribution in [0.15, 0.2) is 18.3 Å². The van der Waals surface area contributed by atoms with Gasteiger partial charge in [-0.3, -0.25) is 4.79 Å². The Morgan fingerprint density at radius 2 is 2.47 bits per heavy atom. The minimum atomic E-state index is -0.0810. The molecule has 0 aliphatic carbocycles. The van der Waals surface area contributed by atoms with Crippen molar-refractivity contribution in [1.82, 2.24) is 10.3 Å². The number of rotatable bonds is 2. The minimum Gasteiger partial charge on any atom is -0.309 e. The maximum Gasteiger partial charge on any atom is 0.242 e. The van der Waals surface area contributed by atoms with E-state index in [1.807, 2.05) is 0 Å². The number of aromatic nitrogens is 1. The zero-order chi connectivity index (χ0) is 10.7. The van der Waals surface area contributed by atoms with Crippen molar-refractivity contribution < 1.29 is 4.79 Å². The van der Waals surface area contributed by atoms with Crippen molar-refractivity contribution >= 4 is 23.3 Å². The summed E-state index contributed by atoms with van der Waals surface area (Å²) in [6.45, 7) is 0.909. The number of anilines is 1. The molecule has 0 unspecified atom stereocenters. The van der Waals surface area contributed by atoms with Crippen LogP contribution in [0.5, 0.6) is 0 Å². The van der Waals surface area contributed by atoms with Crippen LogP contribution in [-0.4, -0.2) is 23.5 Å². The van der Waals surface area contributed by atoms with Crippen molar-refractivity contribution in [1.29, 1.82) is 0 Å². The quantitative estimate of drug-likeness (QED) is 0.801. The number of pyridine rings is 1. The molecule has 0 saturated carbocycles. The summed E-state index contributed by atoms with van der Waals surface area (Å²) in [7, 11) is 0. The van der Waals surface area contributed by atoms with E-state index in [0.29, 0.717) is 10.8 Å². The van der Waals surface area contributed by atoms with Crippen LogP contribution in [0.3, 0.4) is 0 Å². The highest BCUT2D eigenvalue weighted by Gasteiger charge is 2.21. The molecule has 15 heavy (non-hydrogen) atoms. The van der Waals surface area contributed by atoms with Gasteiger partial charge < -0.3 is 10.6 Å². The van der Waals surface area contributed by atoms with E-state index >= 15 is 0 Å². The first-order chi connectivity index (χ1) is 7.25. The Balaban J connectivity index is 1.96. The first kappa shape index (κ1) is 10.4. The Morgan fingerprint density at radius 3 is 3.07 bits per heavy atom. The number of carbonyl (C=O) groups is 1. The molecule has 0 aromatic carbocycles. The molecule has 2 rings (SSSR count). The summed E-state index contributed by atoms with van der Waals surface area (Å²) in [6.07, 6.45) is 3.45. The fourth-order valence-electron chi connectivity index (χ4n) is 1.57. The number of nitrogens with zero attached hydrogens (tertiary/aromatic N) is 1. The number of hydrogen-bond acceptors (Lipinski definition) is 3. The van der Waals surface area contributed by atoms with E-state index in [2.05, 4.69) is 15.6 Å². The van der Waals surface area contributed by atoms with Crippen molar-refractivity contribution in [2.45, 2.75) is 18.9 Å². The molecule has 1 fully saturated rings. The van der Waals surface area contributed by atoms with Gasteiger partial charge in [0.25, 0.3) is 0 Å². The molecule has 2 N–H and O–H groups in total. The molecule has 0 bridgehead atoms. The van der Waals surface area contributed by atoms with E-state index in [4.69, 9.17) is 11.6 Å². The number of amides is 1. The van der Waals surface area contributed by atoms with E-state index < -0.39 is 0 Å². The summed E-state index contributed by atoms with van der Waals surface area (Å²) in [5.74, 6) is 0.514. The summed E-state index contributed by atoms with van der Waals surface area (Å²) in [5, 5.41) is 6.42. The van der Waals surface area contributed by atoms with Gasteiger partial charge >= 0.3 is 0 Å². The molecule has 2 heterocycles. The molecule has 80 valence electrons. The van der Waals surface area contributed by atoms with Crippen molar-refractivity contribution in [2.75, 3.05) is 11.9 Å². The van der Waals surface area contributed by atoms with Crippen LogP contribution in [0.4, 0.5) is 5.82 Å². The van der Waals surface area contributed by atoms with Crippen molar-refractivity contribution in [2.24, 2.45) is 0 Å². The fraction of sp³-hybridized carbons (Fsp3) is 0.400. The zero-order valence-corrected chi connectivity index (χ0v) is 8.92. The van der Waals surface area contributed by atoms with Crippen LogP contribution < -0.4 is 10.6 Å². The molecule has 1 atom stereocenters. The normalized spacial score (nSPS) is 20.2. The third-order valence-corrected chi connectivity index (χ3v) is 2.58. The van der Waals surface area contributed by atoms with E-state index in [9.17, 15) is 4.79 Å². The largest absolute Gasteiger partial charge is 0.309 e. The predicted octanol–water partition coefficient (Wildman–Crippen LogP) is 1.43. The Morgan fingerprint density at radius 1 is 1.60 bits per heavy atom. The average molecular weight is 226 g/mol. The zero-order valence-electron chi connectivity index (χ0n) is 8.16. The molecule has 1 amide bonds. The maximum absolute atomic E-state index is 11.7. The van der Waals surface area contributed by atoms with Gasteiger partial charge in [0.05, 0.1) is 11.1 Å². The van der Waals surface area contributed by atoms with Gasteiger partial charge in [0, 0.05) is 6.20 Å². The van der Waals surface area contributed by atoms with E-state index in [1.165, 1.54) is 6.20 Å². The number of carbonyl (C=O) groups excluding carboxylic acids is 1. The summed E-state index contributed by atoms with van der Waals surface area (Å²) < 4.78 is 0. The van der Waals surface area contributed by atoms with Crippen LogP contribution >= 0.6 is 11.6 Å². The third-order valence-electron chi connectivity index (χ3n) is 2.36. The van der Waals surface area contributed by atoms with Crippen molar-refractivity contribution in [3.8, 4) is 0 Å². The maximum atomic E-state index is 11.7. The second-order valence-electron chi connectivity index (χ2n) is 3.50. The second kappa shape index (κ2) is 4.59. The lowest BCUT2D eigenvalue weighted by atomic mass is 10.2. The molecule has 0 radical (unpaired) electrons. The lowest BCUT2D eigenvalue weighted by molar-refractivity contribution is -0.117. The van der Waals surface area contributed by atoms with E-state index in [0.717, 1.165) is 19.4 Å². The predicted molar refractivity (Wildman–Crippen MR) is 58.9 cm³/mol. The van der Waals surface area contributed by atoms with Crippen LogP contribution in [0, 0.1) is 0 Å². The van der Waals surface area contributed by atoms with Crippen LogP contribution in [0.25, 0.3) is 0 Å². The van der Waals surface area contributed by atoms with E-state index in [1.54, 1.807) is 12.1 Å². The second-order valence-corrected chi connectivity index (χ2v) is 3.94. The number of halogens is 1. The highest BCUT2D eigenvalue weighted by Crippen LogP contribution is 2.11. The molecule has 1 saturated heterocycles. The Hall–Kier alpha value is -1.13. The Labute approximate surface area is 93.0 Å². The Kier molecular flexibility index (Phi) is 3.18. The summed E-state index contributed by atoms with van der Waals surface area (Å²) in [5.41, 5.74) is 0. The molecule has 4 nitrogen and oxygen atoms in total. The molecule has 1 aliphatic rings. The first-order valence-corrected chi connectivity index (χ1v) is 5.29. The van der Waals surface area contributed by atoms with Gasteiger partial charge in [-0.15, -0.1) is 0 Å². The highest BCUT2D eigenvalue weighted by molar-refractivity contribution is 6.30. The van der Waals surface area contributed by atoms with Gasteiger partial charge in [-0.25, -0.2) is 4.98 Å². The first-order valence-electron chi connectivity index (χ1n) is 4.91. The van der Waals surface area contributed by atoms with Crippen molar-refractivity contribution in [3.63, 3.8) is 0 Å². The molecule has 5 heteroatoms. The van der Waals surface area contributed by atoms with Gasteiger partial charge in [0.2, 0.25) is 5.91 Å². The van der Waals surface area contributed by atoms with E-state index in [-0.39, 0.29) is 11.9 Å². The number of nitrogens with one attached hydrogen (secondary N) is 2. The van der Waals surface area contributed by atoms with Gasteiger partial charge in [-0.2, -0.15) is 0 Å². The molecular formula is C10H12ClN3O. The minimum absolute atomic E-state index is 0.0256. The van der Waals surface area contributed by atoms with Crippen molar-refractivity contribution in [3.05, 3.63) is 23.4 Å². The molecule has 1 aliphatic heterocycles. The standard InChI is InChI=1S/C10H12ClN3O/c11-7-3-4-9(13-6-7)14-10(15)8-2-1-5-12-8/h3-4,6,8,12H,1-2,5H2,(H,13,14,15)/t8-/m0/s1. The number of hydrogen-bond donors (Lipinski definition) is 2. The Bertz CT molecular complexity index is 346. The summed E-state index contributed by atoms with van der Waals surface area (Å²) in [4.78, 5) is 15.7. The third kappa shape index (κ3) is 2.67. The topological polar surface area (TPSA) is 54.0 Å². The fourth-order valence-corrected chi connectivity index (χ4v) is 1.68. The highest BCUT2D eigenvalue weighted by atomic mass is 35.5. The molecule has 1 aromatic heterocycles. The lowest BCUT2D eigenvalue weighted by Crippen LogP contribution is -2.35. The molecular weight excluding hydrogens is 214 g/mol. The monoisotopic (exact) mass is 225 g/mol. The smallest absolute Gasteiger partial charge is 0.242 e. The van der Waals surface area contributed by atoms with Crippen LogP contribution in [0.1, 0.15) is 12.8 Å². The summed E-state index contributed by atoms with van der Waals surface area (Å²) in [6, 6.07) is 3.31.